The molecule has 0 aliphatic carbocycles. The van der Waals surface area contributed by atoms with E-state index in [2.05, 4.69) is 6.08 Å². The molecule has 0 fully saturated rings. The molecule has 1 aliphatic rings. The van der Waals surface area contributed by atoms with E-state index in [1.165, 1.54) is 19.3 Å². The molecule has 1 heterocycles. The second kappa shape index (κ2) is 11.0. The van der Waals surface area contributed by atoms with Crippen molar-refractivity contribution in [1.82, 2.24) is 0 Å². The summed E-state index contributed by atoms with van der Waals surface area (Å²) in [6, 6.07) is 0. The third-order valence-corrected chi connectivity index (χ3v) is 3.41. The third kappa shape index (κ3) is 8.04. The molecule has 0 N–H and O–H groups in total. The molecule has 0 saturated heterocycles. The Morgan fingerprint density at radius 3 is 2.53 bits per heavy atom. The van der Waals surface area contributed by atoms with Crippen LogP contribution in [-0.2, 0) is 14.3 Å². The molecule has 0 aromatic heterocycles. The molecule has 3 heteroatoms. The van der Waals surface area contributed by atoms with Crippen LogP contribution in [0.15, 0.2) is 11.6 Å². The fourth-order valence-electron chi connectivity index (χ4n) is 2.29. The van der Waals surface area contributed by atoms with Gasteiger partial charge in [-0.25, -0.2) is 4.79 Å². The van der Waals surface area contributed by atoms with Gasteiger partial charge in [-0.2, -0.15) is 0 Å². The summed E-state index contributed by atoms with van der Waals surface area (Å²) in [5.74, 6) is -0.113. The Hall–Kier alpha value is -0.830. The molecule has 0 unspecified atom stereocenters. The first-order valence-electron chi connectivity index (χ1n) is 7.78. The summed E-state index contributed by atoms with van der Waals surface area (Å²) in [5, 5.41) is 0. The van der Waals surface area contributed by atoms with E-state index in [-0.39, 0.29) is 5.97 Å². The lowest BCUT2D eigenvalue weighted by Crippen LogP contribution is -2.08. The lowest BCUT2D eigenvalue weighted by Gasteiger charge is -2.09. The molecule has 0 aromatic rings. The molecule has 110 valence electrons. The van der Waals surface area contributed by atoms with Crippen molar-refractivity contribution in [3.63, 3.8) is 0 Å². The van der Waals surface area contributed by atoms with Crippen LogP contribution in [0, 0.1) is 0 Å². The first-order valence-corrected chi connectivity index (χ1v) is 7.78. The third-order valence-electron chi connectivity index (χ3n) is 3.41. The maximum absolute atomic E-state index is 11.8. The number of carbonyl (C=O) groups excluding carboxylic acids is 1. The molecule has 1 aliphatic heterocycles. The van der Waals surface area contributed by atoms with Gasteiger partial charge in [-0.1, -0.05) is 25.3 Å². The summed E-state index contributed by atoms with van der Waals surface area (Å²) in [5.41, 5.74) is 0.884. The van der Waals surface area contributed by atoms with Crippen LogP contribution in [0.25, 0.3) is 0 Å². The Balaban J connectivity index is 2.44. The number of carbonyl (C=O) groups is 1. The highest BCUT2D eigenvalue weighted by molar-refractivity contribution is 5.88. The van der Waals surface area contributed by atoms with Crippen LogP contribution in [0.1, 0.15) is 64.7 Å². The highest BCUT2D eigenvalue weighted by Gasteiger charge is 2.09. The fourth-order valence-corrected chi connectivity index (χ4v) is 2.29. The van der Waals surface area contributed by atoms with Crippen LogP contribution in [0.2, 0.25) is 0 Å². The molecule has 0 saturated carbocycles. The predicted molar refractivity (Wildman–Crippen MR) is 77.1 cm³/mol. The van der Waals surface area contributed by atoms with Gasteiger partial charge >= 0.3 is 5.97 Å². The predicted octanol–water partition coefficient (Wildman–Crippen LogP) is 4.02. The molecule has 0 amide bonds. The summed E-state index contributed by atoms with van der Waals surface area (Å²) in [6.45, 7) is 4.10. The van der Waals surface area contributed by atoms with Gasteiger partial charge in [0.15, 0.2) is 0 Å². The van der Waals surface area contributed by atoms with Crippen LogP contribution in [0.5, 0.6) is 0 Å². The lowest BCUT2D eigenvalue weighted by atomic mass is 10.0. The first kappa shape index (κ1) is 16.2. The largest absolute Gasteiger partial charge is 0.463 e. The molecule has 0 spiro atoms. The average Bonchev–Trinajstić information content (AvgIpc) is 2.41. The summed E-state index contributed by atoms with van der Waals surface area (Å²) in [6.07, 6.45) is 11.9. The van der Waals surface area contributed by atoms with E-state index in [1.807, 2.05) is 6.92 Å². The summed E-state index contributed by atoms with van der Waals surface area (Å²) >= 11 is 0. The van der Waals surface area contributed by atoms with Gasteiger partial charge in [0, 0.05) is 18.8 Å². The summed E-state index contributed by atoms with van der Waals surface area (Å²) in [7, 11) is 0. The second-order valence-corrected chi connectivity index (χ2v) is 5.08. The summed E-state index contributed by atoms with van der Waals surface area (Å²) < 4.78 is 10.7. The standard InChI is InChI=1S/C16H28O3/c1-2-19-16(17)15-11-7-3-5-9-13-18-14-10-6-4-8-12-15/h11H,2-10,12-14H2,1H3/b15-11-. The molecule has 19 heavy (non-hydrogen) atoms. The minimum absolute atomic E-state index is 0.113. The van der Waals surface area contributed by atoms with Crippen molar-refractivity contribution in [1.29, 1.82) is 0 Å². The van der Waals surface area contributed by atoms with Gasteiger partial charge in [0.2, 0.25) is 0 Å². The minimum Gasteiger partial charge on any atom is -0.463 e. The molecular weight excluding hydrogens is 240 g/mol. The molecule has 0 radical (unpaired) electrons. The summed E-state index contributed by atoms with van der Waals surface area (Å²) in [4.78, 5) is 11.8. The van der Waals surface area contributed by atoms with Crippen LogP contribution >= 0.6 is 0 Å². The van der Waals surface area contributed by atoms with Gasteiger partial charge in [0.25, 0.3) is 0 Å². The maximum atomic E-state index is 11.8. The van der Waals surface area contributed by atoms with E-state index in [0.29, 0.717) is 6.61 Å². The van der Waals surface area contributed by atoms with Gasteiger partial charge in [-0.15, -0.1) is 0 Å². The van der Waals surface area contributed by atoms with Crippen LogP contribution in [0.4, 0.5) is 0 Å². The highest BCUT2D eigenvalue weighted by atomic mass is 16.5. The zero-order chi connectivity index (χ0) is 13.8. The SMILES string of the molecule is CCOC(=O)/C1=C\CCCCCOCCCCCC1. The topological polar surface area (TPSA) is 35.5 Å². The Labute approximate surface area is 117 Å². The number of ether oxygens (including phenoxy) is 2. The number of allylic oxidation sites excluding steroid dienone is 1. The van der Waals surface area contributed by atoms with Gasteiger partial charge in [-0.3, -0.25) is 0 Å². The van der Waals surface area contributed by atoms with Crippen LogP contribution in [0.3, 0.4) is 0 Å². The van der Waals surface area contributed by atoms with Crippen molar-refractivity contribution in [2.24, 2.45) is 0 Å². The molecule has 1 rings (SSSR count). The zero-order valence-corrected chi connectivity index (χ0v) is 12.3. The van der Waals surface area contributed by atoms with Crippen molar-refractivity contribution in [2.45, 2.75) is 64.7 Å². The van der Waals surface area contributed by atoms with Crippen molar-refractivity contribution >= 4 is 5.97 Å². The molecule has 0 atom stereocenters. The molecular formula is C16H28O3. The van der Waals surface area contributed by atoms with Gasteiger partial charge in [0.1, 0.15) is 0 Å². The first-order chi connectivity index (χ1) is 9.34. The van der Waals surface area contributed by atoms with Gasteiger partial charge < -0.3 is 9.47 Å². The minimum atomic E-state index is -0.113. The Morgan fingerprint density at radius 2 is 1.79 bits per heavy atom. The van der Waals surface area contributed by atoms with Gasteiger partial charge in [0.05, 0.1) is 6.61 Å². The second-order valence-electron chi connectivity index (χ2n) is 5.08. The number of rotatable bonds is 2. The molecule has 0 aromatic carbocycles. The average molecular weight is 268 g/mol. The van der Waals surface area contributed by atoms with Gasteiger partial charge in [-0.05, 0) is 45.4 Å². The Kier molecular flexibility index (Phi) is 9.42. The van der Waals surface area contributed by atoms with Crippen molar-refractivity contribution < 1.29 is 14.3 Å². The zero-order valence-electron chi connectivity index (χ0n) is 12.3. The van der Waals surface area contributed by atoms with E-state index in [1.54, 1.807) is 0 Å². The normalized spacial score (nSPS) is 22.9. The van der Waals surface area contributed by atoms with E-state index < -0.39 is 0 Å². The Morgan fingerprint density at radius 1 is 1.11 bits per heavy atom. The van der Waals surface area contributed by atoms with Crippen LogP contribution < -0.4 is 0 Å². The van der Waals surface area contributed by atoms with Crippen molar-refractivity contribution in [2.75, 3.05) is 19.8 Å². The van der Waals surface area contributed by atoms with Crippen molar-refractivity contribution in [3.05, 3.63) is 11.6 Å². The molecule has 3 nitrogen and oxygen atoms in total. The number of esters is 1. The quantitative estimate of drug-likeness (QED) is 0.710. The smallest absolute Gasteiger partial charge is 0.333 e. The van der Waals surface area contributed by atoms with E-state index in [9.17, 15) is 4.79 Å². The van der Waals surface area contributed by atoms with E-state index in [4.69, 9.17) is 9.47 Å². The van der Waals surface area contributed by atoms with E-state index in [0.717, 1.165) is 57.3 Å². The van der Waals surface area contributed by atoms with E-state index >= 15 is 0 Å². The monoisotopic (exact) mass is 268 g/mol. The highest BCUT2D eigenvalue weighted by Crippen LogP contribution is 2.15. The number of hydrogen-bond donors (Lipinski definition) is 0. The fraction of sp³-hybridized carbons (Fsp3) is 0.812. The maximum Gasteiger partial charge on any atom is 0.333 e. The Bertz CT molecular complexity index is 271. The van der Waals surface area contributed by atoms with Crippen molar-refractivity contribution in [3.8, 4) is 0 Å². The number of hydrogen-bond acceptors (Lipinski definition) is 3. The lowest BCUT2D eigenvalue weighted by molar-refractivity contribution is -0.138. The molecule has 0 bridgehead atoms. The van der Waals surface area contributed by atoms with Crippen LogP contribution in [-0.4, -0.2) is 25.8 Å².